The van der Waals surface area contributed by atoms with Crippen molar-refractivity contribution >= 4 is 11.9 Å². The summed E-state index contributed by atoms with van der Waals surface area (Å²) in [6.07, 6.45) is 0.513. The number of likely N-dealkylation sites (tertiary alicyclic amines) is 1. The van der Waals surface area contributed by atoms with Gasteiger partial charge in [0.05, 0.1) is 12.0 Å². The average molecular weight is 242 g/mol. The number of carboxylic acids is 1. The van der Waals surface area contributed by atoms with E-state index in [2.05, 4.69) is 0 Å². The number of amides is 1. The summed E-state index contributed by atoms with van der Waals surface area (Å²) in [5, 5.41) is 9.01. The molecule has 98 valence electrons. The fourth-order valence-corrected chi connectivity index (χ4v) is 2.13. The second-order valence-electron chi connectivity index (χ2n) is 5.85. The highest BCUT2D eigenvalue weighted by Gasteiger charge is 2.41. The number of carbonyl (C=O) groups excluding carboxylic acids is 1. The summed E-state index contributed by atoms with van der Waals surface area (Å²) in [7, 11) is 0. The topological polar surface area (TPSA) is 83.6 Å². The van der Waals surface area contributed by atoms with Gasteiger partial charge < -0.3 is 15.7 Å². The Bertz CT molecular complexity index is 322. The van der Waals surface area contributed by atoms with Crippen molar-refractivity contribution in [3.8, 4) is 0 Å². The Hall–Kier alpha value is -1.10. The van der Waals surface area contributed by atoms with Crippen molar-refractivity contribution in [2.45, 2.75) is 46.2 Å². The minimum atomic E-state index is -0.836. The molecule has 3 atom stereocenters. The maximum absolute atomic E-state index is 12.2. The van der Waals surface area contributed by atoms with Crippen LogP contribution in [0.4, 0.5) is 0 Å². The molecule has 0 aromatic carbocycles. The molecule has 1 saturated heterocycles. The summed E-state index contributed by atoms with van der Waals surface area (Å²) in [5.74, 6) is -1.45. The van der Waals surface area contributed by atoms with Crippen molar-refractivity contribution in [3.63, 3.8) is 0 Å². The number of nitrogens with two attached hydrogens (primary N) is 1. The molecule has 0 aromatic rings. The first-order valence-corrected chi connectivity index (χ1v) is 5.95. The Kier molecular flexibility index (Phi) is 3.81. The van der Waals surface area contributed by atoms with Gasteiger partial charge >= 0.3 is 5.97 Å². The first-order valence-electron chi connectivity index (χ1n) is 5.95. The summed E-state index contributed by atoms with van der Waals surface area (Å²) in [5.41, 5.74) is 5.61. The zero-order valence-corrected chi connectivity index (χ0v) is 10.9. The van der Waals surface area contributed by atoms with Crippen molar-refractivity contribution in [1.82, 2.24) is 4.90 Å². The van der Waals surface area contributed by atoms with Crippen molar-refractivity contribution in [2.24, 2.45) is 17.1 Å². The molecule has 1 amide bonds. The quantitative estimate of drug-likeness (QED) is 0.746. The van der Waals surface area contributed by atoms with Gasteiger partial charge in [-0.2, -0.15) is 0 Å². The van der Waals surface area contributed by atoms with Gasteiger partial charge in [-0.1, -0.05) is 20.8 Å². The van der Waals surface area contributed by atoms with Gasteiger partial charge in [0.2, 0.25) is 5.91 Å². The molecular weight excluding hydrogens is 220 g/mol. The molecule has 5 heteroatoms. The van der Waals surface area contributed by atoms with Crippen LogP contribution in [0.1, 0.15) is 34.1 Å². The molecule has 1 aliphatic heterocycles. The predicted octanol–water partition coefficient (Wildman–Crippen LogP) is 0.681. The standard InChI is InChI=1S/C12H22N2O3/c1-7-8(11(16)17)5-6-14(7)10(15)9(13)12(2,3)4/h7-9H,5-6,13H2,1-4H3,(H,16,17)/t7?,8?,9-/m1/s1. The second kappa shape index (κ2) is 4.64. The summed E-state index contributed by atoms with van der Waals surface area (Å²) in [4.78, 5) is 24.8. The van der Waals surface area contributed by atoms with Crippen LogP contribution in [0.5, 0.6) is 0 Å². The number of hydrogen-bond donors (Lipinski definition) is 2. The Morgan fingerprint density at radius 3 is 2.29 bits per heavy atom. The second-order valence-corrected chi connectivity index (χ2v) is 5.85. The number of hydrogen-bond acceptors (Lipinski definition) is 3. The molecule has 1 rings (SSSR count). The Balaban J connectivity index is 2.76. The lowest BCUT2D eigenvalue weighted by molar-refractivity contribution is -0.143. The molecule has 2 unspecified atom stereocenters. The van der Waals surface area contributed by atoms with E-state index in [1.54, 1.807) is 11.8 Å². The van der Waals surface area contributed by atoms with Crippen LogP contribution >= 0.6 is 0 Å². The largest absolute Gasteiger partial charge is 0.481 e. The van der Waals surface area contributed by atoms with Gasteiger partial charge in [0.25, 0.3) is 0 Å². The highest BCUT2D eigenvalue weighted by Crippen LogP contribution is 2.27. The van der Waals surface area contributed by atoms with Gasteiger partial charge in [-0.25, -0.2) is 0 Å². The Morgan fingerprint density at radius 2 is 1.94 bits per heavy atom. The monoisotopic (exact) mass is 242 g/mol. The molecule has 0 spiro atoms. The molecule has 0 saturated carbocycles. The minimum absolute atomic E-state index is 0.145. The molecule has 3 N–H and O–H groups in total. The SMILES string of the molecule is CC1C(C(=O)O)CCN1C(=O)[C@@H](N)C(C)(C)C. The van der Waals surface area contributed by atoms with Crippen LogP contribution in [0.2, 0.25) is 0 Å². The zero-order valence-electron chi connectivity index (χ0n) is 10.9. The minimum Gasteiger partial charge on any atom is -0.481 e. The smallest absolute Gasteiger partial charge is 0.308 e. The summed E-state index contributed by atoms with van der Waals surface area (Å²) >= 11 is 0. The highest BCUT2D eigenvalue weighted by atomic mass is 16.4. The number of carbonyl (C=O) groups is 2. The maximum atomic E-state index is 12.2. The molecule has 1 heterocycles. The maximum Gasteiger partial charge on any atom is 0.308 e. The first-order chi connectivity index (χ1) is 7.66. The molecular formula is C12H22N2O3. The lowest BCUT2D eigenvalue weighted by Gasteiger charge is -2.32. The van der Waals surface area contributed by atoms with Crippen molar-refractivity contribution in [3.05, 3.63) is 0 Å². The van der Waals surface area contributed by atoms with E-state index in [0.717, 1.165) is 0 Å². The first kappa shape index (κ1) is 14.0. The van der Waals surface area contributed by atoms with Crippen molar-refractivity contribution < 1.29 is 14.7 Å². The zero-order chi connectivity index (χ0) is 13.4. The fourth-order valence-electron chi connectivity index (χ4n) is 2.13. The fraction of sp³-hybridized carbons (Fsp3) is 0.833. The highest BCUT2D eigenvalue weighted by molar-refractivity contribution is 5.84. The molecule has 0 aliphatic carbocycles. The third kappa shape index (κ3) is 2.77. The molecule has 0 bridgehead atoms. The molecule has 0 radical (unpaired) electrons. The van der Waals surface area contributed by atoms with Gasteiger partial charge in [0, 0.05) is 12.6 Å². The Labute approximate surface area is 102 Å². The van der Waals surface area contributed by atoms with Crippen molar-refractivity contribution in [1.29, 1.82) is 0 Å². The number of nitrogens with zero attached hydrogens (tertiary/aromatic N) is 1. The Morgan fingerprint density at radius 1 is 1.41 bits per heavy atom. The lowest BCUT2D eigenvalue weighted by atomic mass is 9.86. The average Bonchev–Trinajstić information content (AvgIpc) is 2.56. The number of aliphatic carboxylic acids is 1. The van der Waals surface area contributed by atoms with Crippen LogP contribution in [0.25, 0.3) is 0 Å². The molecule has 17 heavy (non-hydrogen) atoms. The lowest BCUT2D eigenvalue weighted by Crippen LogP contribution is -2.52. The van der Waals surface area contributed by atoms with Crippen LogP contribution in [-0.4, -0.2) is 40.5 Å². The van der Waals surface area contributed by atoms with E-state index in [1.165, 1.54) is 0 Å². The summed E-state index contributed by atoms with van der Waals surface area (Å²) in [6, 6.07) is -0.856. The van der Waals surface area contributed by atoms with E-state index < -0.39 is 17.9 Å². The van der Waals surface area contributed by atoms with Gasteiger partial charge in [0.15, 0.2) is 0 Å². The van der Waals surface area contributed by atoms with E-state index in [1.807, 2.05) is 20.8 Å². The van der Waals surface area contributed by atoms with E-state index >= 15 is 0 Å². The number of rotatable bonds is 2. The summed E-state index contributed by atoms with van der Waals surface area (Å²) < 4.78 is 0. The third-order valence-corrected chi connectivity index (χ3v) is 3.55. The molecule has 5 nitrogen and oxygen atoms in total. The molecule has 0 aromatic heterocycles. The van der Waals surface area contributed by atoms with Crippen molar-refractivity contribution in [2.75, 3.05) is 6.54 Å². The van der Waals surface area contributed by atoms with Crippen LogP contribution < -0.4 is 5.73 Å². The third-order valence-electron chi connectivity index (χ3n) is 3.55. The van der Waals surface area contributed by atoms with Crippen LogP contribution in [0.3, 0.4) is 0 Å². The van der Waals surface area contributed by atoms with E-state index in [0.29, 0.717) is 13.0 Å². The van der Waals surface area contributed by atoms with Crippen LogP contribution in [0, 0.1) is 11.3 Å². The van der Waals surface area contributed by atoms with Gasteiger partial charge in [-0.05, 0) is 18.8 Å². The van der Waals surface area contributed by atoms with E-state index in [4.69, 9.17) is 10.8 Å². The van der Waals surface area contributed by atoms with Gasteiger partial charge in [0.1, 0.15) is 0 Å². The van der Waals surface area contributed by atoms with E-state index in [9.17, 15) is 9.59 Å². The molecule has 1 aliphatic rings. The van der Waals surface area contributed by atoms with Gasteiger partial charge in [-0.15, -0.1) is 0 Å². The molecule has 1 fully saturated rings. The number of carboxylic acid groups (broad SMARTS) is 1. The van der Waals surface area contributed by atoms with Gasteiger partial charge in [-0.3, -0.25) is 9.59 Å². The van der Waals surface area contributed by atoms with E-state index in [-0.39, 0.29) is 17.4 Å². The van der Waals surface area contributed by atoms with Crippen LogP contribution in [0.15, 0.2) is 0 Å². The van der Waals surface area contributed by atoms with Crippen LogP contribution in [-0.2, 0) is 9.59 Å². The predicted molar refractivity (Wildman–Crippen MR) is 64.3 cm³/mol. The normalized spacial score (nSPS) is 27.0. The summed E-state index contributed by atoms with van der Waals surface area (Å²) in [6.45, 7) is 7.99.